The van der Waals surface area contributed by atoms with Gasteiger partial charge in [0.15, 0.2) is 24.0 Å². The van der Waals surface area contributed by atoms with Crippen molar-refractivity contribution in [3.63, 3.8) is 0 Å². The van der Waals surface area contributed by atoms with Gasteiger partial charge in [0.1, 0.15) is 0 Å². The number of esters is 1. The SMILES string of the molecule is CCc1nc2ccccc2c(C)c1C(=O)OCC(=O)c1ccc(F)c(F)c1. The third-order valence-electron chi connectivity index (χ3n) is 4.34. The molecule has 0 aliphatic carbocycles. The van der Waals surface area contributed by atoms with E-state index in [9.17, 15) is 18.4 Å². The molecule has 1 heterocycles. The summed E-state index contributed by atoms with van der Waals surface area (Å²) in [7, 11) is 0. The Kier molecular flexibility index (Phi) is 5.26. The van der Waals surface area contributed by atoms with Gasteiger partial charge in [-0.15, -0.1) is 0 Å². The summed E-state index contributed by atoms with van der Waals surface area (Å²) >= 11 is 0. The molecule has 1 aromatic heterocycles. The molecule has 138 valence electrons. The summed E-state index contributed by atoms with van der Waals surface area (Å²) in [5, 5.41) is 0.827. The maximum atomic E-state index is 13.3. The third kappa shape index (κ3) is 3.69. The first-order valence-electron chi connectivity index (χ1n) is 8.46. The number of hydrogen-bond acceptors (Lipinski definition) is 4. The highest BCUT2D eigenvalue weighted by Gasteiger charge is 2.20. The van der Waals surface area contributed by atoms with Crippen LogP contribution < -0.4 is 0 Å². The standard InChI is InChI=1S/C21H17F2NO3/c1-3-17-20(12(2)14-6-4-5-7-18(14)24-17)21(26)27-11-19(25)13-8-9-15(22)16(23)10-13/h4-10H,3,11H2,1-2H3. The fraction of sp³-hybridized carbons (Fsp3) is 0.190. The van der Waals surface area contributed by atoms with Crippen molar-refractivity contribution < 1.29 is 23.1 Å². The molecule has 4 nitrogen and oxygen atoms in total. The molecule has 0 fully saturated rings. The van der Waals surface area contributed by atoms with Gasteiger partial charge in [-0.3, -0.25) is 9.78 Å². The Balaban J connectivity index is 1.84. The average Bonchev–Trinajstić information content (AvgIpc) is 2.67. The number of para-hydroxylation sites is 1. The zero-order valence-electron chi connectivity index (χ0n) is 14.9. The van der Waals surface area contributed by atoms with E-state index in [2.05, 4.69) is 4.98 Å². The highest BCUT2D eigenvalue weighted by Crippen LogP contribution is 2.24. The van der Waals surface area contributed by atoms with E-state index in [1.54, 1.807) is 6.92 Å². The fourth-order valence-electron chi connectivity index (χ4n) is 2.92. The number of fused-ring (bicyclic) bond motifs is 1. The Hall–Kier alpha value is -3.15. The lowest BCUT2D eigenvalue weighted by Crippen LogP contribution is -2.17. The van der Waals surface area contributed by atoms with Gasteiger partial charge in [0.2, 0.25) is 0 Å². The van der Waals surface area contributed by atoms with Crippen LogP contribution in [-0.2, 0) is 11.2 Å². The topological polar surface area (TPSA) is 56.3 Å². The summed E-state index contributed by atoms with van der Waals surface area (Å²) in [5.74, 6) is -3.46. The zero-order chi connectivity index (χ0) is 19.6. The molecule has 0 bridgehead atoms. The van der Waals surface area contributed by atoms with Gasteiger partial charge in [-0.2, -0.15) is 0 Å². The van der Waals surface area contributed by atoms with Gasteiger partial charge in [-0.25, -0.2) is 13.6 Å². The number of pyridine rings is 1. The second kappa shape index (κ2) is 7.61. The van der Waals surface area contributed by atoms with E-state index in [0.29, 0.717) is 17.7 Å². The van der Waals surface area contributed by atoms with Crippen molar-refractivity contribution in [3.8, 4) is 0 Å². The van der Waals surface area contributed by atoms with Crippen LogP contribution in [0.15, 0.2) is 42.5 Å². The molecule has 0 spiro atoms. The first-order chi connectivity index (χ1) is 12.9. The van der Waals surface area contributed by atoms with E-state index in [4.69, 9.17) is 4.74 Å². The first-order valence-corrected chi connectivity index (χ1v) is 8.46. The van der Waals surface area contributed by atoms with Crippen LogP contribution in [0.3, 0.4) is 0 Å². The summed E-state index contributed by atoms with van der Waals surface area (Å²) in [5.41, 5.74) is 2.35. The number of ether oxygens (including phenoxy) is 1. The number of aromatic nitrogens is 1. The number of hydrogen-bond donors (Lipinski definition) is 0. The van der Waals surface area contributed by atoms with Crippen molar-refractivity contribution in [2.45, 2.75) is 20.3 Å². The largest absolute Gasteiger partial charge is 0.454 e. The molecule has 3 rings (SSSR count). The molecule has 0 unspecified atom stereocenters. The molecule has 2 aromatic carbocycles. The Bertz CT molecular complexity index is 1050. The number of aryl methyl sites for hydroxylation is 2. The number of carbonyl (C=O) groups is 2. The van der Waals surface area contributed by atoms with Crippen LogP contribution in [0.1, 0.15) is 38.9 Å². The van der Waals surface area contributed by atoms with Crippen molar-refractivity contribution in [2.24, 2.45) is 0 Å². The number of halogens is 2. The molecule has 0 aliphatic rings. The van der Waals surface area contributed by atoms with Gasteiger partial charge in [0.25, 0.3) is 0 Å². The molecule has 0 radical (unpaired) electrons. The molecule has 3 aromatic rings. The molecule has 6 heteroatoms. The number of benzene rings is 2. The van der Waals surface area contributed by atoms with Crippen LogP contribution in [0.25, 0.3) is 10.9 Å². The minimum absolute atomic E-state index is 0.0641. The van der Waals surface area contributed by atoms with E-state index in [1.807, 2.05) is 31.2 Å². The van der Waals surface area contributed by atoms with Gasteiger partial charge >= 0.3 is 5.97 Å². The van der Waals surface area contributed by atoms with Gasteiger partial charge < -0.3 is 4.74 Å². The van der Waals surface area contributed by atoms with Crippen molar-refractivity contribution in [3.05, 3.63) is 76.5 Å². The second-order valence-electron chi connectivity index (χ2n) is 6.06. The van der Waals surface area contributed by atoms with E-state index >= 15 is 0 Å². The number of rotatable bonds is 5. The van der Waals surface area contributed by atoms with E-state index in [-0.39, 0.29) is 5.56 Å². The van der Waals surface area contributed by atoms with Gasteiger partial charge in [-0.05, 0) is 43.2 Å². The first kappa shape index (κ1) is 18.6. The normalized spacial score (nSPS) is 10.8. The van der Waals surface area contributed by atoms with Crippen LogP contribution in [0, 0.1) is 18.6 Å². The lowest BCUT2D eigenvalue weighted by atomic mass is 10.0. The van der Waals surface area contributed by atoms with Crippen molar-refractivity contribution in [1.82, 2.24) is 4.98 Å². The highest BCUT2D eigenvalue weighted by atomic mass is 19.2. The van der Waals surface area contributed by atoms with Crippen molar-refractivity contribution in [2.75, 3.05) is 6.61 Å². The van der Waals surface area contributed by atoms with E-state index < -0.39 is 30.0 Å². The molecule has 0 N–H and O–H groups in total. The Morgan fingerprint density at radius 3 is 2.52 bits per heavy atom. The van der Waals surface area contributed by atoms with Gasteiger partial charge in [0, 0.05) is 10.9 Å². The maximum Gasteiger partial charge on any atom is 0.340 e. The van der Waals surface area contributed by atoms with Crippen LogP contribution in [0.5, 0.6) is 0 Å². The number of Topliss-reactive ketones (excluding diaryl/α,β-unsaturated/α-hetero) is 1. The quantitative estimate of drug-likeness (QED) is 0.493. The van der Waals surface area contributed by atoms with Gasteiger partial charge in [0.05, 0.1) is 16.8 Å². The lowest BCUT2D eigenvalue weighted by molar-refractivity contribution is 0.0472. The predicted octanol–water partition coefficient (Wildman–Crippen LogP) is 4.42. The summed E-state index contributed by atoms with van der Waals surface area (Å²) in [6.07, 6.45) is 0.521. The minimum Gasteiger partial charge on any atom is -0.454 e. The molecule has 0 aliphatic heterocycles. The molecule has 0 saturated carbocycles. The number of nitrogens with zero attached hydrogens (tertiary/aromatic N) is 1. The predicted molar refractivity (Wildman–Crippen MR) is 96.8 cm³/mol. The third-order valence-corrected chi connectivity index (χ3v) is 4.34. The summed E-state index contributed by atoms with van der Waals surface area (Å²) in [4.78, 5) is 29.2. The fourth-order valence-corrected chi connectivity index (χ4v) is 2.92. The summed E-state index contributed by atoms with van der Waals surface area (Å²) < 4.78 is 31.4. The molecule has 0 saturated heterocycles. The smallest absolute Gasteiger partial charge is 0.340 e. The Labute approximate surface area is 154 Å². The minimum atomic E-state index is -1.13. The van der Waals surface area contributed by atoms with Crippen LogP contribution >= 0.6 is 0 Å². The summed E-state index contributed by atoms with van der Waals surface area (Å²) in [6.45, 7) is 3.11. The maximum absolute atomic E-state index is 13.3. The van der Waals surface area contributed by atoms with Crippen LogP contribution in [0.4, 0.5) is 8.78 Å². The van der Waals surface area contributed by atoms with Gasteiger partial charge in [-0.1, -0.05) is 25.1 Å². The number of ketones is 1. The Morgan fingerprint density at radius 1 is 1.07 bits per heavy atom. The number of carbonyl (C=O) groups excluding carboxylic acids is 2. The zero-order valence-corrected chi connectivity index (χ0v) is 14.9. The van der Waals surface area contributed by atoms with Crippen molar-refractivity contribution >= 4 is 22.7 Å². The molecule has 27 heavy (non-hydrogen) atoms. The average molecular weight is 369 g/mol. The van der Waals surface area contributed by atoms with Crippen molar-refractivity contribution in [1.29, 1.82) is 0 Å². The Morgan fingerprint density at radius 2 is 1.81 bits per heavy atom. The molecule has 0 amide bonds. The monoisotopic (exact) mass is 369 g/mol. The second-order valence-corrected chi connectivity index (χ2v) is 6.06. The van der Waals surface area contributed by atoms with Crippen LogP contribution in [0.2, 0.25) is 0 Å². The summed E-state index contributed by atoms with van der Waals surface area (Å²) in [6, 6.07) is 10.2. The molecular formula is C21H17F2NO3. The van der Waals surface area contributed by atoms with Crippen LogP contribution in [-0.4, -0.2) is 23.3 Å². The molecule has 0 atom stereocenters. The molecular weight excluding hydrogens is 352 g/mol. The van der Waals surface area contributed by atoms with E-state index in [1.165, 1.54) is 0 Å². The van der Waals surface area contributed by atoms with E-state index in [0.717, 1.165) is 34.7 Å². The lowest BCUT2D eigenvalue weighted by Gasteiger charge is -2.13. The highest BCUT2D eigenvalue weighted by molar-refractivity contribution is 6.01.